The predicted octanol–water partition coefficient (Wildman–Crippen LogP) is 9.47. The quantitative estimate of drug-likeness (QED) is 0.0787. The monoisotopic (exact) mass is 714 g/mol. The molecule has 0 unspecified atom stereocenters. The molecular weight excluding hydrogens is 673 g/mol. The molecule has 0 aliphatic carbocycles. The largest absolute Gasteiger partial charge is 0.492 e. The van der Waals surface area contributed by atoms with Crippen molar-refractivity contribution in [1.29, 1.82) is 0 Å². The number of thiol groups is 2. The van der Waals surface area contributed by atoms with Gasteiger partial charge in [0.2, 0.25) is 0 Å². The van der Waals surface area contributed by atoms with E-state index >= 15 is 0 Å². The molecule has 0 saturated carbocycles. The van der Waals surface area contributed by atoms with E-state index in [0.717, 1.165) is 34.5 Å². The zero-order chi connectivity index (χ0) is 27.4. The van der Waals surface area contributed by atoms with Crippen LogP contribution in [0.15, 0.2) is 31.3 Å². The fourth-order valence-corrected chi connectivity index (χ4v) is 11.3. The van der Waals surface area contributed by atoms with Crippen LogP contribution in [0.3, 0.4) is 0 Å². The molecule has 2 aromatic rings. The van der Waals surface area contributed by atoms with Crippen LogP contribution in [0.4, 0.5) is 0 Å². The molecule has 0 bridgehead atoms. The van der Waals surface area contributed by atoms with Gasteiger partial charge in [0.25, 0.3) is 0 Å². The molecule has 2 heterocycles. The van der Waals surface area contributed by atoms with Crippen LogP contribution in [0.25, 0.3) is 0 Å². The lowest BCUT2D eigenvalue weighted by atomic mass is 10.5. The van der Waals surface area contributed by atoms with E-state index in [2.05, 4.69) is 72.1 Å². The van der Waals surface area contributed by atoms with E-state index < -0.39 is 0 Å². The van der Waals surface area contributed by atoms with Crippen molar-refractivity contribution < 1.29 is 9.47 Å². The Morgan fingerprint density at radius 3 is 1.32 bits per heavy atom. The molecule has 0 saturated heterocycles. The maximum Gasteiger partial charge on any atom is 0.171 e. The second kappa shape index (κ2) is 31.1. The predicted molar refractivity (Wildman–Crippen MR) is 200 cm³/mol. The third-order valence-electron chi connectivity index (χ3n) is 3.93. The van der Waals surface area contributed by atoms with Gasteiger partial charge in [-0.1, -0.05) is 0 Å². The average Bonchev–Trinajstić information content (AvgIpc) is 3.58. The lowest BCUT2D eigenvalue weighted by Gasteiger charge is -2.04. The molecule has 13 heteroatoms. The van der Waals surface area contributed by atoms with Crippen molar-refractivity contribution in [2.75, 3.05) is 95.8 Å². The van der Waals surface area contributed by atoms with E-state index in [1.807, 2.05) is 80.9 Å². The maximum absolute atomic E-state index is 4.96. The van der Waals surface area contributed by atoms with Crippen molar-refractivity contribution in [3.8, 4) is 11.5 Å². The van der Waals surface area contributed by atoms with Gasteiger partial charge in [0.1, 0.15) is 0 Å². The minimum atomic E-state index is 0.808. The summed E-state index contributed by atoms with van der Waals surface area (Å²) in [5.41, 5.74) is 0. The number of rotatable bonds is 20. The minimum absolute atomic E-state index is 0.808. The Bertz CT molecular complexity index is 659. The molecule has 0 aromatic carbocycles. The highest BCUT2D eigenvalue weighted by Gasteiger charge is 2.05. The number of thioether (sulfide) groups is 7. The standard InChI is InChI=1S/C14H24S7.C6H8O2S.C4H10S3/c1-15-3-5-17-7-9-20-13-11-19-12-14(13)21-10-8-18-6-4-16-2;1-7-5-3-9-4-6(5)8-2;5-1-3-7-4-2-6/h11-12H,3-10H2,1-2H3;3-4H,1-2H3;5-6H,1-4H2. The van der Waals surface area contributed by atoms with Gasteiger partial charge in [-0.25, -0.2) is 0 Å². The number of hydrogen-bond acceptors (Lipinski definition) is 13. The third-order valence-corrected chi connectivity index (χ3v) is 14.2. The van der Waals surface area contributed by atoms with E-state index in [1.54, 1.807) is 25.6 Å². The zero-order valence-corrected chi connectivity index (χ0v) is 31.3. The first kappa shape index (κ1) is 39.1. The summed E-state index contributed by atoms with van der Waals surface area (Å²) in [5, 5.41) is 8.44. The van der Waals surface area contributed by atoms with Gasteiger partial charge in [0.05, 0.1) is 14.2 Å². The smallest absolute Gasteiger partial charge is 0.171 e. The summed E-state index contributed by atoms with van der Waals surface area (Å²) in [6.07, 6.45) is 4.37. The van der Waals surface area contributed by atoms with Gasteiger partial charge in [-0.15, -0.1) is 34.9 Å². The van der Waals surface area contributed by atoms with Crippen LogP contribution in [0.5, 0.6) is 11.5 Å². The molecule has 0 radical (unpaired) electrons. The normalized spacial score (nSPS) is 10.3. The molecule has 2 rings (SSSR count). The molecule has 0 atom stereocenters. The van der Waals surface area contributed by atoms with Crippen LogP contribution < -0.4 is 9.47 Å². The Labute approximate surface area is 275 Å². The first-order chi connectivity index (χ1) is 18.2. The zero-order valence-electron chi connectivity index (χ0n) is 22.2. The molecule has 2 nitrogen and oxygen atoms in total. The highest BCUT2D eigenvalue weighted by molar-refractivity contribution is 8.06. The van der Waals surface area contributed by atoms with Gasteiger partial charge in [-0.3, -0.25) is 0 Å². The van der Waals surface area contributed by atoms with Crippen molar-refractivity contribution >= 4 is 130 Å². The Morgan fingerprint density at radius 1 is 0.568 bits per heavy atom. The summed E-state index contributed by atoms with van der Waals surface area (Å²) in [5.74, 6) is 16.1. The molecule has 0 aliphatic rings. The van der Waals surface area contributed by atoms with Gasteiger partial charge >= 0.3 is 0 Å². The molecule has 0 fully saturated rings. The van der Waals surface area contributed by atoms with Gasteiger partial charge in [-0.2, -0.15) is 95.4 Å². The fraction of sp³-hybridized carbons (Fsp3) is 0.667. The van der Waals surface area contributed by atoms with E-state index in [9.17, 15) is 0 Å². The Balaban J connectivity index is 0.000000660. The van der Waals surface area contributed by atoms with Crippen LogP contribution in [0.2, 0.25) is 0 Å². The second-order valence-electron chi connectivity index (χ2n) is 6.58. The maximum atomic E-state index is 4.96. The summed E-state index contributed by atoms with van der Waals surface area (Å²) >= 11 is 25.5. The highest BCUT2D eigenvalue weighted by atomic mass is 32.2. The molecule has 37 heavy (non-hydrogen) atoms. The molecule has 0 spiro atoms. The van der Waals surface area contributed by atoms with Gasteiger partial charge in [-0.05, 0) is 24.0 Å². The average molecular weight is 715 g/mol. The van der Waals surface area contributed by atoms with E-state index in [0.29, 0.717) is 0 Å². The molecular formula is C24H42O2S11. The highest BCUT2D eigenvalue weighted by Crippen LogP contribution is 2.35. The first-order valence-electron chi connectivity index (χ1n) is 11.6. The Hall–Kier alpha value is 2.15. The van der Waals surface area contributed by atoms with Crippen molar-refractivity contribution in [3.05, 3.63) is 21.5 Å². The summed E-state index contributed by atoms with van der Waals surface area (Å²) in [7, 11) is 3.26. The topological polar surface area (TPSA) is 18.5 Å². The fourth-order valence-electron chi connectivity index (χ4n) is 2.20. The Kier molecular flexibility index (Phi) is 32.9. The van der Waals surface area contributed by atoms with Crippen molar-refractivity contribution in [3.63, 3.8) is 0 Å². The van der Waals surface area contributed by atoms with Gasteiger partial charge in [0, 0.05) is 88.8 Å². The summed E-state index contributed by atoms with van der Waals surface area (Å²) < 4.78 is 9.92. The molecule has 0 aliphatic heterocycles. The summed E-state index contributed by atoms with van der Waals surface area (Å²) in [6, 6.07) is 0. The van der Waals surface area contributed by atoms with Crippen LogP contribution >= 0.6 is 130 Å². The molecule has 0 N–H and O–H groups in total. The molecule has 2 aromatic heterocycles. The van der Waals surface area contributed by atoms with Crippen molar-refractivity contribution in [2.45, 2.75) is 9.79 Å². The SMILES string of the molecule is COc1cscc1OC.CSCCSCCSc1cscc1SCCSCCSC.SCCSCCS. The van der Waals surface area contributed by atoms with Gasteiger partial charge in [0.15, 0.2) is 11.5 Å². The number of methoxy groups -OCH3 is 2. The second-order valence-corrected chi connectivity index (χ2v) is 16.9. The van der Waals surface area contributed by atoms with Crippen LogP contribution in [-0.4, -0.2) is 95.8 Å². The number of hydrogen-bond donors (Lipinski definition) is 2. The van der Waals surface area contributed by atoms with E-state index in [4.69, 9.17) is 9.47 Å². The number of thiophene rings is 2. The van der Waals surface area contributed by atoms with Crippen molar-refractivity contribution in [2.24, 2.45) is 0 Å². The lowest BCUT2D eigenvalue weighted by Crippen LogP contribution is -1.90. The molecule has 216 valence electrons. The number of ether oxygens (including phenoxy) is 2. The first-order valence-corrected chi connectivity index (χ1v) is 22.9. The Morgan fingerprint density at radius 2 is 0.946 bits per heavy atom. The van der Waals surface area contributed by atoms with Crippen LogP contribution in [-0.2, 0) is 0 Å². The van der Waals surface area contributed by atoms with Crippen LogP contribution in [0, 0.1) is 0 Å². The molecule has 0 amide bonds. The van der Waals surface area contributed by atoms with E-state index in [1.165, 1.54) is 55.8 Å². The third kappa shape index (κ3) is 23.4. The minimum Gasteiger partial charge on any atom is -0.492 e. The summed E-state index contributed by atoms with van der Waals surface area (Å²) in [4.78, 5) is 3.01. The van der Waals surface area contributed by atoms with E-state index in [-0.39, 0.29) is 0 Å². The van der Waals surface area contributed by atoms with Crippen LogP contribution in [0.1, 0.15) is 0 Å². The summed E-state index contributed by atoms with van der Waals surface area (Å²) in [6.45, 7) is 0. The lowest BCUT2D eigenvalue weighted by molar-refractivity contribution is 0.358. The van der Waals surface area contributed by atoms with Crippen molar-refractivity contribution in [1.82, 2.24) is 0 Å². The van der Waals surface area contributed by atoms with Gasteiger partial charge < -0.3 is 9.47 Å².